The van der Waals surface area contributed by atoms with Gasteiger partial charge in [0.15, 0.2) is 0 Å². The lowest BCUT2D eigenvalue weighted by Crippen LogP contribution is -2.24. The second-order valence-electron chi connectivity index (χ2n) is 22.5. The minimum atomic E-state index is 1.00. The van der Waals surface area contributed by atoms with Crippen molar-refractivity contribution in [2.75, 3.05) is 0 Å². The van der Waals surface area contributed by atoms with Crippen LogP contribution in [0.25, 0.3) is 0 Å². The molecule has 8 rings (SSSR count). The third-order valence-corrected chi connectivity index (χ3v) is 17.4. The zero-order valence-corrected chi connectivity index (χ0v) is 43.5. The molecule has 0 radical (unpaired) electrons. The normalized spacial score (nSPS) is 33.4. The summed E-state index contributed by atoms with van der Waals surface area (Å²) < 4.78 is 0. The lowest BCUT2D eigenvalue weighted by molar-refractivity contribution is 0.153. The summed E-state index contributed by atoms with van der Waals surface area (Å²) >= 11 is 0. The highest BCUT2D eigenvalue weighted by atomic mass is 14.4. The van der Waals surface area contributed by atoms with Crippen LogP contribution in [-0.2, 0) is 0 Å². The molecular weight excluding hydrogens is 721 g/mol. The van der Waals surface area contributed by atoms with Crippen LogP contribution in [0.15, 0.2) is 0 Å². The standard InChI is InChI=1S/C18H34.2C13H24.C8H16.C4H8.2C2H6/c1-15-9-7-12-17(13-8-10-15)18-14-6-4-3-5-11-16(18)2;2*1-11-6-3-2-4-7-13(10-11)12-8-5-9-12;1-2-4-6-8-7-5-3-1;1-2-4-3-1;2*1-2/h15-18H,3-14H2,1-2H3;2*11-13H,2-10H2,1H3;1-8H2;1-4H2;2*1-2H3/t15?,16-,17?,18?;;;;;;/m1....../s1. The van der Waals surface area contributed by atoms with Gasteiger partial charge in [-0.1, -0.05) is 306 Å². The summed E-state index contributed by atoms with van der Waals surface area (Å²) in [6.07, 6.45) is 63.7. The fourth-order valence-electron chi connectivity index (χ4n) is 12.6. The molecule has 6 atom stereocenters. The topological polar surface area (TPSA) is 0 Å². The van der Waals surface area contributed by atoms with E-state index in [0.717, 1.165) is 59.2 Å². The van der Waals surface area contributed by atoms with Crippen molar-refractivity contribution in [1.29, 1.82) is 0 Å². The predicted octanol–water partition coefficient (Wildman–Crippen LogP) is 21.7. The molecule has 0 aromatic carbocycles. The van der Waals surface area contributed by atoms with E-state index in [1.807, 2.05) is 27.7 Å². The molecule has 8 fully saturated rings. The van der Waals surface area contributed by atoms with Crippen molar-refractivity contribution >= 4 is 0 Å². The van der Waals surface area contributed by atoms with Gasteiger partial charge in [0, 0.05) is 0 Å². The fourth-order valence-corrected chi connectivity index (χ4v) is 12.6. The third-order valence-electron chi connectivity index (χ3n) is 17.4. The predicted molar refractivity (Wildman–Crippen MR) is 274 cm³/mol. The second kappa shape index (κ2) is 38.3. The maximum atomic E-state index is 2.55. The highest BCUT2D eigenvalue weighted by Gasteiger charge is 2.30. The third kappa shape index (κ3) is 26.1. The van der Waals surface area contributed by atoms with E-state index in [4.69, 9.17) is 0 Å². The van der Waals surface area contributed by atoms with Gasteiger partial charge in [-0.05, 0) is 78.4 Å². The Morgan fingerprint density at radius 1 is 0.200 bits per heavy atom. The van der Waals surface area contributed by atoms with Crippen LogP contribution >= 0.6 is 0 Å². The Kier molecular flexibility index (Phi) is 35.8. The zero-order valence-electron chi connectivity index (χ0n) is 43.5. The Balaban J connectivity index is 0.000000266. The molecular formula is C60H118. The maximum absolute atomic E-state index is 2.55. The van der Waals surface area contributed by atoms with Gasteiger partial charge in [-0.15, -0.1) is 0 Å². The van der Waals surface area contributed by atoms with Crippen LogP contribution in [0, 0.1) is 59.2 Å². The van der Waals surface area contributed by atoms with Crippen molar-refractivity contribution in [3.8, 4) is 0 Å². The van der Waals surface area contributed by atoms with Crippen molar-refractivity contribution < 1.29 is 0 Å². The average Bonchev–Trinajstić information content (AvgIpc) is 3.13. The molecule has 5 unspecified atom stereocenters. The molecule has 0 heteroatoms. The summed E-state index contributed by atoms with van der Waals surface area (Å²) in [5.41, 5.74) is 0. The first-order chi connectivity index (χ1) is 29.5. The van der Waals surface area contributed by atoms with E-state index in [2.05, 4.69) is 27.7 Å². The number of hydrogen-bond donors (Lipinski definition) is 0. The largest absolute Gasteiger partial charge is 0.0683 e. The SMILES string of the molecule is C1CCC1.C1CCCCCCC1.CC.CC.CC1CCCC(C2CCCCCC[C@H]2C)CCC1.CC1CCCCCC(C2CCC2)C1.CC1CCCCCC(C2CCC2)C1. The summed E-state index contributed by atoms with van der Waals surface area (Å²) in [6, 6.07) is 0. The van der Waals surface area contributed by atoms with Crippen LogP contribution in [0.3, 0.4) is 0 Å². The molecule has 0 saturated heterocycles. The molecule has 0 aromatic rings. The second-order valence-corrected chi connectivity index (χ2v) is 22.5. The molecule has 358 valence electrons. The minimum Gasteiger partial charge on any atom is -0.0683 e. The Morgan fingerprint density at radius 2 is 0.450 bits per heavy atom. The van der Waals surface area contributed by atoms with Crippen molar-refractivity contribution in [1.82, 2.24) is 0 Å². The highest BCUT2D eigenvalue weighted by Crippen LogP contribution is 2.43. The Morgan fingerprint density at radius 3 is 0.817 bits per heavy atom. The lowest BCUT2D eigenvalue weighted by Gasteiger charge is -2.36. The summed E-state index contributed by atoms with van der Waals surface area (Å²) in [6.45, 7) is 17.9. The Hall–Kier alpha value is 0. The molecule has 0 aromatic heterocycles. The van der Waals surface area contributed by atoms with Gasteiger partial charge >= 0.3 is 0 Å². The first kappa shape index (κ1) is 56.1. The lowest BCUT2D eigenvalue weighted by atomic mass is 9.69. The summed E-state index contributed by atoms with van der Waals surface area (Å²) in [4.78, 5) is 0. The van der Waals surface area contributed by atoms with Crippen molar-refractivity contribution in [2.45, 2.75) is 325 Å². The van der Waals surface area contributed by atoms with E-state index in [0.29, 0.717) is 0 Å². The molecule has 8 aliphatic rings. The molecule has 8 saturated carbocycles. The fraction of sp³-hybridized carbons (Fsp3) is 1.00. The molecule has 8 aliphatic carbocycles. The minimum absolute atomic E-state index is 1.00. The maximum Gasteiger partial charge on any atom is -0.0360 e. The summed E-state index contributed by atoms with van der Waals surface area (Å²) in [5.74, 6) is 10.7. The molecule has 0 heterocycles. The van der Waals surface area contributed by atoms with Gasteiger partial charge in [0.1, 0.15) is 0 Å². The van der Waals surface area contributed by atoms with E-state index >= 15 is 0 Å². The van der Waals surface area contributed by atoms with E-state index in [1.54, 1.807) is 70.6 Å². The van der Waals surface area contributed by atoms with Crippen molar-refractivity contribution in [3.63, 3.8) is 0 Å². The van der Waals surface area contributed by atoms with Gasteiger partial charge < -0.3 is 0 Å². The Labute approximate surface area is 382 Å². The van der Waals surface area contributed by atoms with Gasteiger partial charge in [-0.2, -0.15) is 0 Å². The van der Waals surface area contributed by atoms with Gasteiger partial charge in [0.25, 0.3) is 0 Å². The van der Waals surface area contributed by atoms with E-state index in [-0.39, 0.29) is 0 Å². The molecule has 0 amide bonds. The first-order valence-electron chi connectivity index (χ1n) is 29.5. The van der Waals surface area contributed by atoms with E-state index < -0.39 is 0 Å². The number of hydrogen-bond acceptors (Lipinski definition) is 0. The van der Waals surface area contributed by atoms with Gasteiger partial charge in [0.05, 0.1) is 0 Å². The molecule has 0 bridgehead atoms. The monoisotopic (exact) mass is 839 g/mol. The molecule has 0 spiro atoms. The van der Waals surface area contributed by atoms with E-state index in [9.17, 15) is 0 Å². The van der Waals surface area contributed by atoms with Crippen LogP contribution in [0.2, 0.25) is 0 Å². The average molecular weight is 840 g/mol. The molecule has 60 heavy (non-hydrogen) atoms. The first-order valence-corrected chi connectivity index (χ1v) is 29.5. The number of rotatable bonds is 3. The smallest absolute Gasteiger partial charge is 0.0360 e. The summed E-state index contributed by atoms with van der Waals surface area (Å²) in [5, 5.41) is 0. The van der Waals surface area contributed by atoms with Crippen molar-refractivity contribution in [3.05, 3.63) is 0 Å². The van der Waals surface area contributed by atoms with Crippen LogP contribution in [0.1, 0.15) is 325 Å². The molecule has 0 aliphatic heterocycles. The van der Waals surface area contributed by atoms with Crippen LogP contribution in [0.4, 0.5) is 0 Å². The van der Waals surface area contributed by atoms with Gasteiger partial charge in [-0.3, -0.25) is 0 Å². The van der Waals surface area contributed by atoms with Gasteiger partial charge in [-0.25, -0.2) is 0 Å². The van der Waals surface area contributed by atoms with Crippen molar-refractivity contribution in [2.24, 2.45) is 59.2 Å². The van der Waals surface area contributed by atoms with Crippen LogP contribution < -0.4 is 0 Å². The van der Waals surface area contributed by atoms with E-state index in [1.165, 1.54) is 199 Å². The van der Waals surface area contributed by atoms with Crippen LogP contribution in [-0.4, -0.2) is 0 Å². The van der Waals surface area contributed by atoms with Gasteiger partial charge in [0.2, 0.25) is 0 Å². The molecule has 0 N–H and O–H groups in total. The highest BCUT2D eigenvalue weighted by molar-refractivity contribution is 4.82. The van der Waals surface area contributed by atoms with Crippen LogP contribution in [0.5, 0.6) is 0 Å². The summed E-state index contributed by atoms with van der Waals surface area (Å²) in [7, 11) is 0. The quantitative estimate of drug-likeness (QED) is 0.266. The Bertz CT molecular complexity index is 802. The zero-order chi connectivity index (χ0) is 43.5. The molecule has 0 nitrogen and oxygen atoms in total.